The van der Waals surface area contributed by atoms with Crippen molar-refractivity contribution in [3.05, 3.63) is 48.2 Å². The topological polar surface area (TPSA) is 140 Å². The van der Waals surface area contributed by atoms with Gasteiger partial charge in [0.25, 0.3) is 0 Å². The van der Waals surface area contributed by atoms with E-state index in [-0.39, 0.29) is 6.04 Å². The van der Waals surface area contributed by atoms with Crippen LogP contribution in [-0.2, 0) is 4.74 Å². The number of nitrogens with zero attached hydrogens (tertiary/aromatic N) is 7. The fraction of sp³-hybridized carbons (Fsp3) is 0.417. The summed E-state index contributed by atoms with van der Waals surface area (Å²) >= 11 is 0. The van der Waals surface area contributed by atoms with E-state index in [1.165, 1.54) is 12.8 Å². The standard InChI is InChI=1S/C24H27N9O3/c1-34-9-10-35-23-13-21(27-22-12-16(30-31-22)15-4-5-15)28-24(29-23)33-8-2-3-19(33)20-11-17(32-36-20)18-14-25-6-7-26-18/h6-7,11-15,19H,2-5,8-10H2,1H3,(H2,27,28,29,30,31)/t19-/m0/s1. The van der Waals surface area contributed by atoms with Gasteiger partial charge < -0.3 is 24.2 Å². The molecular formula is C24H27N9O3. The molecule has 0 spiro atoms. The van der Waals surface area contributed by atoms with Crippen LogP contribution in [-0.4, -0.2) is 62.2 Å². The van der Waals surface area contributed by atoms with Crippen LogP contribution in [0, 0.1) is 0 Å². The minimum absolute atomic E-state index is 0.0585. The van der Waals surface area contributed by atoms with Crippen LogP contribution in [0.25, 0.3) is 11.4 Å². The van der Waals surface area contributed by atoms with Gasteiger partial charge in [-0.05, 0) is 25.7 Å². The lowest BCUT2D eigenvalue weighted by Gasteiger charge is -2.23. The second kappa shape index (κ2) is 9.90. The van der Waals surface area contributed by atoms with E-state index >= 15 is 0 Å². The second-order valence-corrected chi connectivity index (χ2v) is 8.90. The van der Waals surface area contributed by atoms with E-state index in [9.17, 15) is 0 Å². The molecule has 4 aromatic heterocycles. The molecule has 2 fully saturated rings. The van der Waals surface area contributed by atoms with Crippen molar-refractivity contribution in [2.75, 3.05) is 37.1 Å². The van der Waals surface area contributed by atoms with E-state index in [4.69, 9.17) is 24.0 Å². The number of aromatic amines is 1. The smallest absolute Gasteiger partial charge is 0.231 e. The van der Waals surface area contributed by atoms with Crippen LogP contribution in [0.4, 0.5) is 17.6 Å². The summed E-state index contributed by atoms with van der Waals surface area (Å²) in [6.45, 7) is 1.62. The molecule has 1 aliphatic carbocycles. The van der Waals surface area contributed by atoms with Crippen molar-refractivity contribution in [2.45, 2.75) is 37.6 Å². The summed E-state index contributed by atoms with van der Waals surface area (Å²) in [7, 11) is 1.64. The van der Waals surface area contributed by atoms with Crippen molar-refractivity contribution in [3.63, 3.8) is 0 Å². The Morgan fingerprint density at radius 2 is 2.03 bits per heavy atom. The van der Waals surface area contributed by atoms with Crippen LogP contribution in [0.5, 0.6) is 5.88 Å². The Labute approximate surface area is 207 Å². The van der Waals surface area contributed by atoms with Gasteiger partial charge in [-0.15, -0.1) is 0 Å². The first-order valence-electron chi connectivity index (χ1n) is 12.1. The fourth-order valence-corrected chi connectivity index (χ4v) is 4.34. The molecule has 2 N–H and O–H groups in total. The van der Waals surface area contributed by atoms with Gasteiger partial charge in [0, 0.05) is 55.9 Å². The predicted octanol–water partition coefficient (Wildman–Crippen LogP) is 3.63. The SMILES string of the molecule is COCCOc1cc(Nc2cc(C3CC3)[nH]n2)nc(N2CCC[C@H]2c2cc(-c3cnccn3)no2)n1. The third kappa shape index (κ3) is 4.85. The van der Waals surface area contributed by atoms with Gasteiger partial charge in [-0.1, -0.05) is 5.16 Å². The maximum atomic E-state index is 5.86. The van der Waals surface area contributed by atoms with Crippen LogP contribution < -0.4 is 15.0 Å². The van der Waals surface area contributed by atoms with E-state index < -0.39 is 0 Å². The van der Waals surface area contributed by atoms with Gasteiger partial charge in [-0.2, -0.15) is 15.1 Å². The lowest BCUT2D eigenvalue weighted by Crippen LogP contribution is -2.25. The van der Waals surface area contributed by atoms with Crippen molar-refractivity contribution in [1.29, 1.82) is 0 Å². The number of ether oxygens (including phenoxy) is 2. The molecule has 4 aromatic rings. The van der Waals surface area contributed by atoms with Gasteiger partial charge >= 0.3 is 0 Å². The highest BCUT2D eigenvalue weighted by atomic mass is 16.5. The molecule has 5 heterocycles. The van der Waals surface area contributed by atoms with Crippen LogP contribution in [0.15, 0.2) is 41.3 Å². The molecular weight excluding hydrogens is 462 g/mol. The number of nitrogens with one attached hydrogen (secondary N) is 2. The van der Waals surface area contributed by atoms with Crippen molar-refractivity contribution in [3.8, 4) is 17.3 Å². The molecule has 1 atom stereocenters. The summed E-state index contributed by atoms with van der Waals surface area (Å²) in [6, 6.07) is 5.66. The Kier molecular flexibility index (Phi) is 6.16. The van der Waals surface area contributed by atoms with Crippen LogP contribution in [0.3, 0.4) is 0 Å². The summed E-state index contributed by atoms with van der Waals surface area (Å²) in [6.07, 6.45) is 9.19. The van der Waals surface area contributed by atoms with E-state index in [0.717, 1.165) is 30.8 Å². The molecule has 12 heteroatoms. The number of H-pyrrole nitrogens is 1. The molecule has 12 nitrogen and oxygen atoms in total. The number of rotatable bonds is 10. The van der Waals surface area contributed by atoms with E-state index in [0.29, 0.717) is 54.0 Å². The maximum Gasteiger partial charge on any atom is 0.231 e. The lowest BCUT2D eigenvalue weighted by atomic mass is 10.1. The zero-order valence-electron chi connectivity index (χ0n) is 19.9. The maximum absolute atomic E-state index is 5.86. The molecule has 2 aliphatic rings. The largest absolute Gasteiger partial charge is 0.475 e. The van der Waals surface area contributed by atoms with Crippen molar-refractivity contribution < 1.29 is 14.0 Å². The van der Waals surface area contributed by atoms with E-state index in [1.54, 1.807) is 31.8 Å². The Hall–Kier alpha value is -4.06. The highest BCUT2D eigenvalue weighted by Crippen LogP contribution is 2.40. The van der Waals surface area contributed by atoms with Crippen molar-refractivity contribution in [1.82, 2.24) is 35.3 Å². The highest BCUT2D eigenvalue weighted by molar-refractivity contribution is 5.57. The first-order valence-corrected chi connectivity index (χ1v) is 12.1. The van der Waals surface area contributed by atoms with Gasteiger partial charge in [0.1, 0.15) is 23.8 Å². The van der Waals surface area contributed by atoms with Crippen LogP contribution in [0.2, 0.25) is 0 Å². The van der Waals surface area contributed by atoms with Gasteiger partial charge in [0.05, 0.1) is 18.8 Å². The molecule has 1 saturated heterocycles. The van der Waals surface area contributed by atoms with Gasteiger partial charge in [0.2, 0.25) is 11.8 Å². The molecule has 36 heavy (non-hydrogen) atoms. The molecule has 1 aliphatic heterocycles. The number of hydrogen-bond donors (Lipinski definition) is 2. The normalized spacial score (nSPS) is 17.5. The van der Waals surface area contributed by atoms with Crippen LogP contribution in [0.1, 0.15) is 49.1 Å². The monoisotopic (exact) mass is 489 g/mol. The van der Waals surface area contributed by atoms with Gasteiger partial charge in [0.15, 0.2) is 11.6 Å². The summed E-state index contributed by atoms with van der Waals surface area (Å²) in [5, 5.41) is 15.0. The molecule has 0 bridgehead atoms. The molecule has 1 saturated carbocycles. The number of methoxy groups -OCH3 is 1. The quantitative estimate of drug-likeness (QED) is 0.316. The summed E-state index contributed by atoms with van der Waals surface area (Å²) in [5.74, 6) is 3.64. The third-order valence-electron chi connectivity index (χ3n) is 6.29. The first-order chi connectivity index (χ1) is 17.8. The molecule has 6 rings (SSSR count). The predicted molar refractivity (Wildman–Crippen MR) is 130 cm³/mol. The fourth-order valence-electron chi connectivity index (χ4n) is 4.34. The Bertz CT molecular complexity index is 1310. The Morgan fingerprint density at radius 3 is 2.86 bits per heavy atom. The molecule has 186 valence electrons. The Morgan fingerprint density at radius 1 is 1.08 bits per heavy atom. The highest BCUT2D eigenvalue weighted by Gasteiger charge is 2.32. The summed E-state index contributed by atoms with van der Waals surface area (Å²) in [5.41, 5.74) is 2.46. The summed E-state index contributed by atoms with van der Waals surface area (Å²) < 4.78 is 16.7. The molecule has 0 unspecified atom stereocenters. The minimum atomic E-state index is -0.0585. The lowest BCUT2D eigenvalue weighted by molar-refractivity contribution is 0.143. The number of aromatic nitrogens is 7. The Balaban J connectivity index is 1.27. The summed E-state index contributed by atoms with van der Waals surface area (Å²) in [4.78, 5) is 20.1. The molecule has 0 radical (unpaired) electrons. The zero-order valence-corrected chi connectivity index (χ0v) is 19.9. The first kappa shape index (κ1) is 22.4. The average molecular weight is 490 g/mol. The van der Waals surface area contributed by atoms with Crippen LogP contribution >= 0.6 is 0 Å². The second-order valence-electron chi connectivity index (χ2n) is 8.90. The number of hydrogen-bond acceptors (Lipinski definition) is 11. The van der Waals surface area contributed by atoms with Crippen molar-refractivity contribution in [2.24, 2.45) is 0 Å². The minimum Gasteiger partial charge on any atom is -0.475 e. The van der Waals surface area contributed by atoms with Gasteiger partial charge in [-0.3, -0.25) is 15.1 Å². The van der Waals surface area contributed by atoms with E-state index in [2.05, 4.69) is 35.5 Å². The average Bonchev–Trinajstić information content (AvgIpc) is 3.27. The van der Waals surface area contributed by atoms with Gasteiger partial charge in [-0.25, -0.2) is 0 Å². The van der Waals surface area contributed by atoms with E-state index in [1.807, 2.05) is 12.1 Å². The zero-order chi connectivity index (χ0) is 24.3. The van der Waals surface area contributed by atoms with Crippen molar-refractivity contribution >= 4 is 17.6 Å². The third-order valence-corrected chi connectivity index (χ3v) is 6.29. The molecule has 0 amide bonds. The number of anilines is 3. The molecule has 0 aromatic carbocycles.